The molecule has 3 rings (SSSR count). The molecule has 102 valence electrons. The van der Waals surface area contributed by atoms with Gasteiger partial charge in [0.1, 0.15) is 5.82 Å². The minimum absolute atomic E-state index is 0.0757. The fraction of sp³-hybridized carbons (Fsp3) is 0.235. The van der Waals surface area contributed by atoms with Crippen LogP contribution in [0.15, 0.2) is 54.6 Å². The maximum absolute atomic E-state index is 13.3. The minimum Gasteiger partial charge on any atom is -0.351 e. The molecule has 0 bridgehead atoms. The second-order valence-electron chi connectivity index (χ2n) is 5.34. The zero-order valence-electron chi connectivity index (χ0n) is 11.1. The number of benzene rings is 2. The molecule has 2 nitrogen and oxygen atoms in total. The Bertz CT molecular complexity index is 620. The molecule has 0 unspecified atom stereocenters. The Labute approximate surface area is 117 Å². The highest BCUT2D eigenvalue weighted by molar-refractivity contribution is 5.94. The van der Waals surface area contributed by atoms with Gasteiger partial charge in [0.15, 0.2) is 0 Å². The van der Waals surface area contributed by atoms with E-state index >= 15 is 0 Å². The summed E-state index contributed by atoms with van der Waals surface area (Å²) in [7, 11) is 0. The number of amides is 1. The van der Waals surface area contributed by atoms with Crippen molar-refractivity contribution in [2.45, 2.75) is 18.3 Å². The molecule has 1 saturated carbocycles. The first-order valence-electron chi connectivity index (χ1n) is 6.79. The molecule has 3 heteroatoms. The molecular formula is C17H16FNO. The van der Waals surface area contributed by atoms with E-state index in [0.717, 1.165) is 18.4 Å². The van der Waals surface area contributed by atoms with Crippen molar-refractivity contribution < 1.29 is 9.18 Å². The van der Waals surface area contributed by atoms with Gasteiger partial charge in [0.2, 0.25) is 0 Å². The van der Waals surface area contributed by atoms with Gasteiger partial charge in [0.25, 0.3) is 5.91 Å². The zero-order chi connectivity index (χ0) is 14.0. The van der Waals surface area contributed by atoms with Crippen molar-refractivity contribution in [1.29, 1.82) is 0 Å². The largest absolute Gasteiger partial charge is 0.351 e. The van der Waals surface area contributed by atoms with Gasteiger partial charge in [-0.1, -0.05) is 30.3 Å². The third kappa shape index (κ3) is 2.57. The van der Waals surface area contributed by atoms with E-state index in [1.165, 1.54) is 6.07 Å². The predicted molar refractivity (Wildman–Crippen MR) is 76.1 cm³/mol. The summed E-state index contributed by atoms with van der Waals surface area (Å²) in [5, 5.41) is 2.96. The Morgan fingerprint density at radius 1 is 1.10 bits per heavy atom. The van der Waals surface area contributed by atoms with Crippen LogP contribution in [0.25, 0.3) is 0 Å². The quantitative estimate of drug-likeness (QED) is 0.906. The van der Waals surface area contributed by atoms with Crippen molar-refractivity contribution in [1.82, 2.24) is 5.32 Å². The molecule has 0 aliphatic heterocycles. The van der Waals surface area contributed by atoms with Crippen molar-refractivity contribution in [3.63, 3.8) is 0 Å². The number of halogens is 1. The average Bonchev–Trinajstić information content (AvgIpc) is 3.27. The highest BCUT2D eigenvalue weighted by Gasteiger charge is 2.44. The molecule has 1 aliphatic carbocycles. The highest BCUT2D eigenvalue weighted by Crippen LogP contribution is 2.47. The van der Waals surface area contributed by atoms with Gasteiger partial charge < -0.3 is 5.32 Å². The highest BCUT2D eigenvalue weighted by atomic mass is 19.1. The molecule has 2 aromatic rings. The summed E-state index contributed by atoms with van der Waals surface area (Å²) in [4.78, 5) is 12.0. The van der Waals surface area contributed by atoms with Gasteiger partial charge in [0.05, 0.1) is 0 Å². The summed E-state index contributed by atoms with van der Waals surface area (Å²) in [5.41, 5.74) is 1.56. The Morgan fingerprint density at radius 3 is 2.50 bits per heavy atom. The summed E-state index contributed by atoms with van der Waals surface area (Å²) < 4.78 is 13.3. The molecule has 0 heterocycles. The summed E-state index contributed by atoms with van der Waals surface area (Å²) in [6.45, 7) is 0.560. The lowest BCUT2D eigenvalue weighted by Gasteiger charge is -2.16. The summed E-state index contributed by atoms with van der Waals surface area (Å²) in [5.74, 6) is -0.295. The Hall–Kier alpha value is -2.16. The number of nitrogens with one attached hydrogen (secondary N) is 1. The van der Waals surface area contributed by atoms with E-state index in [0.29, 0.717) is 12.1 Å². The fourth-order valence-corrected chi connectivity index (χ4v) is 2.48. The van der Waals surface area contributed by atoms with E-state index < -0.39 is 0 Å². The van der Waals surface area contributed by atoms with Gasteiger partial charge in [-0.15, -0.1) is 0 Å². The smallest absolute Gasteiger partial charge is 0.251 e. The summed E-state index contributed by atoms with van der Waals surface area (Å²) in [6.07, 6.45) is 1.98. The van der Waals surface area contributed by atoms with Gasteiger partial charge >= 0.3 is 0 Å². The minimum atomic E-state index is -0.219. The standard InChI is InChI=1S/C17H16FNO/c18-15-8-4-7-14(11-15)17(9-10-17)12-19-16(20)13-5-2-1-3-6-13/h1-8,11H,9-10,12H2,(H,19,20). The van der Waals surface area contributed by atoms with Crippen LogP contribution in [0.1, 0.15) is 28.8 Å². The maximum Gasteiger partial charge on any atom is 0.251 e. The van der Waals surface area contributed by atoms with Gasteiger partial charge in [0, 0.05) is 17.5 Å². The second-order valence-corrected chi connectivity index (χ2v) is 5.34. The molecule has 1 N–H and O–H groups in total. The van der Waals surface area contributed by atoms with Crippen LogP contribution in [0.5, 0.6) is 0 Å². The lowest BCUT2D eigenvalue weighted by Crippen LogP contribution is -2.32. The average molecular weight is 269 g/mol. The Kier molecular flexibility index (Phi) is 3.26. The lowest BCUT2D eigenvalue weighted by molar-refractivity contribution is 0.0949. The van der Waals surface area contributed by atoms with E-state index in [1.54, 1.807) is 24.3 Å². The molecule has 0 saturated heterocycles. The first-order valence-corrected chi connectivity index (χ1v) is 6.79. The molecule has 0 spiro atoms. The molecule has 0 radical (unpaired) electrons. The van der Waals surface area contributed by atoms with Crippen molar-refractivity contribution >= 4 is 5.91 Å². The predicted octanol–water partition coefficient (Wildman–Crippen LogP) is 3.29. The zero-order valence-corrected chi connectivity index (χ0v) is 11.1. The van der Waals surface area contributed by atoms with Crippen LogP contribution in [-0.4, -0.2) is 12.5 Å². The van der Waals surface area contributed by atoms with Gasteiger partial charge in [-0.3, -0.25) is 4.79 Å². The molecule has 20 heavy (non-hydrogen) atoms. The van der Waals surface area contributed by atoms with Crippen molar-refractivity contribution in [2.24, 2.45) is 0 Å². The van der Waals surface area contributed by atoms with Crippen LogP contribution in [0, 0.1) is 5.82 Å². The topological polar surface area (TPSA) is 29.1 Å². The SMILES string of the molecule is O=C(NCC1(c2cccc(F)c2)CC1)c1ccccc1. The van der Waals surface area contributed by atoms with Crippen molar-refractivity contribution in [2.75, 3.05) is 6.54 Å². The van der Waals surface area contributed by atoms with Crippen LogP contribution in [0.2, 0.25) is 0 Å². The van der Waals surface area contributed by atoms with E-state index in [1.807, 2.05) is 24.3 Å². The monoisotopic (exact) mass is 269 g/mol. The van der Waals surface area contributed by atoms with Crippen LogP contribution < -0.4 is 5.32 Å². The number of carbonyl (C=O) groups is 1. The first kappa shape index (κ1) is 12.9. The van der Waals surface area contributed by atoms with Gasteiger partial charge in [-0.25, -0.2) is 4.39 Å². The molecule has 1 fully saturated rings. The Morgan fingerprint density at radius 2 is 1.85 bits per heavy atom. The number of hydrogen-bond donors (Lipinski definition) is 1. The molecular weight excluding hydrogens is 253 g/mol. The van der Waals surface area contributed by atoms with Crippen molar-refractivity contribution in [3.8, 4) is 0 Å². The Balaban J connectivity index is 1.68. The van der Waals surface area contributed by atoms with Gasteiger partial charge in [-0.05, 0) is 42.7 Å². The van der Waals surface area contributed by atoms with Crippen LogP contribution >= 0.6 is 0 Å². The second kappa shape index (κ2) is 5.08. The number of hydrogen-bond acceptors (Lipinski definition) is 1. The number of rotatable bonds is 4. The molecule has 0 aromatic heterocycles. The fourth-order valence-electron chi connectivity index (χ4n) is 2.48. The lowest BCUT2D eigenvalue weighted by atomic mass is 9.95. The molecule has 1 aliphatic rings. The summed E-state index contributed by atoms with van der Waals surface area (Å²) >= 11 is 0. The third-order valence-electron chi connectivity index (χ3n) is 3.91. The van der Waals surface area contributed by atoms with Crippen LogP contribution in [0.4, 0.5) is 4.39 Å². The van der Waals surface area contributed by atoms with E-state index in [-0.39, 0.29) is 17.1 Å². The van der Waals surface area contributed by atoms with Crippen LogP contribution in [0.3, 0.4) is 0 Å². The maximum atomic E-state index is 13.3. The third-order valence-corrected chi connectivity index (χ3v) is 3.91. The molecule has 0 atom stereocenters. The molecule has 2 aromatic carbocycles. The van der Waals surface area contributed by atoms with E-state index in [2.05, 4.69) is 5.32 Å². The first-order chi connectivity index (χ1) is 9.70. The number of carbonyl (C=O) groups excluding carboxylic acids is 1. The van der Waals surface area contributed by atoms with Crippen LogP contribution in [-0.2, 0) is 5.41 Å². The normalized spacial score (nSPS) is 15.7. The molecule has 1 amide bonds. The van der Waals surface area contributed by atoms with Gasteiger partial charge in [-0.2, -0.15) is 0 Å². The van der Waals surface area contributed by atoms with E-state index in [9.17, 15) is 9.18 Å². The van der Waals surface area contributed by atoms with Crippen molar-refractivity contribution in [3.05, 3.63) is 71.5 Å². The summed E-state index contributed by atoms with van der Waals surface area (Å²) in [6, 6.07) is 15.8. The van der Waals surface area contributed by atoms with E-state index in [4.69, 9.17) is 0 Å².